The molecule has 0 saturated carbocycles. The fraction of sp³-hybridized carbons (Fsp3) is 0.400. The van der Waals surface area contributed by atoms with Crippen molar-refractivity contribution in [3.8, 4) is 23.0 Å². The van der Waals surface area contributed by atoms with Gasteiger partial charge < -0.3 is 28.7 Å². The molecule has 0 fully saturated rings. The number of ether oxygens (including phenoxy) is 4. The zero-order valence-electron chi connectivity index (χ0n) is 23.0. The van der Waals surface area contributed by atoms with E-state index in [0.717, 1.165) is 28.8 Å². The first-order valence-electron chi connectivity index (χ1n) is 13.1. The second-order valence-corrected chi connectivity index (χ2v) is 10.4. The molecule has 0 aliphatic carbocycles. The van der Waals surface area contributed by atoms with E-state index >= 15 is 0 Å². The Hall–Kier alpha value is -3.72. The number of fused-ring (bicyclic) bond motifs is 1. The van der Waals surface area contributed by atoms with E-state index in [-0.39, 0.29) is 25.2 Å². The molecule has 0 N–H and O–H groups in total. The van der Waals surface area contributed by atoms with Gasteiger partial charge in [-0.1, -0.05) is 19.4 Å². The number of rotatable bonds is 13. The Morgan fingerprint density at radius 1 is 0.949 bits per heavy atom. The lowest BCUT2D eigenvalue weighted by Gasteiger charge is -2.28. The first-order chi connectivity index (χ1) is 18.9. The second-order valence-electron chi connectivity index (χ2n) is 9.43. The molecule has 2 aromatic carbocycles. The van der Waals surface area contributed by atoms with Crippen LogP contribution in [0.1, 0.15) is 46.1 Å². The molecule has 3 aromatic rings. The quantitative estimate of drug-likeness (QED) is 0.286. The number of nitrogens with zero attached hydrogens (tertiary/aromatic N) is 2. The van der Waals surface area contributed by atoms with Crippen molar-refractivity contribution >= 4 is 23.2 Å². The van der Waals surface area contributed by atoms with Crippen molar-refractivity contribution in [2.75, 3.05) is 40.6 Å². The van der Waals surface area contributed by atoms with Crippen molar-refractivity contribution in [1.29, 1.82) is 0 Å². The molecule has 0 atom stereocenters. The van der Waals surface area contributed by atoms with Crippen LogP contribution in [0.25, 0.3) is 0 Å². The molecule has 9 heteroatoms. The Morgan fingerprint density at radius 2 is 1.74 bits per heavy atom. The molecule has 1 aromatic heterocycles. The lowest BCUT2D eigenvalue weighted by Crippen LogP contribution is -2.43. The summed E-state index contributed by atoms with van der Waals surface area (Å²) in [6, 6.07) is 13.0. The summed E-state index contributed by atoms with van der Waals surface area (Å²) in [6.07, 6.45) is 2.36. The van der Waals surface area contributed by atoms with Gasteiger partial charge in [-0.05, 0) is 72.7 Å². The number of hydrogen-bond donors (Lipinski definition) is 0. The average molecular weight is 553 g/mol. The van der Waals surface area contributed by atoms with Crippen LogP contribution in [0.4, 0.5) is 0 Å². The van der Waals surface area contributed by atoms with Crippen LogP contribution in [0.3, 0.4) is 0 Å². The Labute approximate surface area is 234 Å². The highest BCUT2D eigenvalue weighted by Crippen LogP contribution is 2.33. The van der Waals surface area contributed by atoms with Crippen LogP contribution in [0.15, 0.2) is 47.8 Å². The Bertz CT molecular complexity index is 1290. The van der Waals surface area contributed by atoms with Crippen LogP contribution in [-0.4, -0.2) is 62.3 Å². The van der Waals surface area contributed by atoms with Crippen molar-refractivity contribution in [3.63, 3.8) is 0 Å². The SMILES string of the molecule is CCCCN(CC(=O)N(CCc1ccc(OC)c(OC)c1)Cc1sccc1C)C(=O)c1ccc2c(c1)OCO2. The first kappa shape index (κ1) is 28.3. The molecular weight excluding hydrogens is 516 g/mol. The van der Waals surface area contributed by atoms with Crippen molar-refractivity contribution < 1.29 is 28.5 Å². The predicted octanol–water partition coefficient (Wildman–Crippen LogP) is 5.32. The number of thiophene rings is 1. The number of unbranched alkanes of at least 4 members (excludes halogenated alkanes) is 1. The number of carbonyl (C=O) groups excluding carboxylic acids is 2. The Morgan fingerprint density at radius 3 is 2.46 bits per heavy atom. The van der Waals surface area contributed by atoms with E-state index < -0.39 is 0 Å². The van der Waals surface area contributed by atoms with Gasteiger partial charge >= 0.3 is 0 Å². The smallest absolute Gasteiger partial charge is 0.254 e. The highest BCUT2D eigenvalue weighted by Gasteiger charge is 2.25. The van der Waals surface area contributed by atoms with Crippen LogP contribution < -0.4 is 18.9 Å². The summed E-state index contributed by atoms with van der Waals surface area (Å²) >= 11 is 1.64. The van der Waals surface area contributed by atoms with Gasteiger partial charge in [0.25, 0.3) is 5.91 Å². The maximum atomic E-state index is 13.8. The minimum absolute atomic E-state index is 0.00360. The summed E-state index contributed by atoms with van der Waals surface area (Å²) in [7, 11) is 3.22. The minimum Gasteiger partial charge on any atom is -0.493 e. The molecule has 39 heavy (non-hydrogen) atoms. The predicted molar refractivity (Wildman–Crippen MR) is 151 cm³/mol. The third-order valence-corrected chi connectivity index (χ3v) is 7.80. The molecule has 2 amide bonds. The minimum atomic E-state index is -0.192. The Balaban J connectivity index is 1.52. The first-order valence-corrected chi connectivity index (χ1v) is 14.0. The van der Waals surface area contributed by atoms with Gasteiger partial charge in [-0.15, -0.1) is 11.3 Å². The number of carbonyl (C=O) groups is 2. The molecule has 0 bridgehead atoms. The third kappa shape index (κ3) is 7.03. The summed E-state index contributed by atoms with van der Waals surface area (Å²) in [4.78, 5) is 31.9. The van der Waals surface area contributed by atoms with E-state index in [0.29, 0.717) is 54.6 Å². The van der Waals surface area contributed by atoms with Crippen LogP contribution in [0.5, 0.6) is 23.0 Å². The van der Waals surface area contributed by atoms with Crippen molar-refractivity contribution in [3.05, 3.63) is 69.4 Å². The van der Waals surface area contributed by atoms with E-state index in [4.69, 9.17) is 18.9 Å². The molecule has 1 aliphatic heterocycles. The third-order valence-electron chi connectivity index (χ3n) is 6.79. The van der Waals surface area contributed by atoms with Gasteiger partial charge in [0.1, 0.15) is 6.54 Å². The molecule has 0 radical (unpaired) electrons. The molecule has 208 valence electrons. The normalized spacial score (nSPS) is 11.8. The number of aryl methyl sites for hydroxylation is 1. The van der Waals surface area contributed by atoms with Gasteiger partial charge in [0.15, 0.2) is 23.0 Å². The largest absolute Gasteiger partial charge is 0.493 e. The van der Waals surface area contributed by atoms with Gasteiger partial charge in [-0.25, -0.2) is 0 Å². The molecule has 0 unspecified atom stereocenters. The van der Waals surface area contributed by atoms with Gasteiger partial charge in [0.2, 0.25) is 12.7 Å². The maximum absolute atomic E-state index is 13.8. The second kappa shape index (κ2) is 13.4. The van der Waals surface area contributed by atoms with Crippen LogP contribution >= 0.6 is 11.3 Å². The van der Waals surface area contributed by atoms with Crippen LogP contribution in [0, 0.1) is 6.92 Å². The molecule has 1 aliphatic rings. The van der Waals surface area contributed by atoms with Gasteiger partial charge in [-0.2, -0.15) is 0 Å². The van der Waals surface area contributed by atoms with Crippen molar-refractivity contribution in [2.24, 2.45) is 0 Å². The molecular formula is C30H36N2O6S. The lowest BCUT2D eigenvalue weighted by molar-refractivity contribution is -0.132. The monoisotopic (exact) mass is 552 g/mol. The summed E-state index contributed by atoms with van der Waals surface area (Å²) in [6.45, 7) is 5.77. The van der Waals surface area contributed by atoms with Crippen LogP contribution in [-0.2, 0) is 17.8 Å². The van der Waals surface area contributed by atoms with Crippen molar-refractivity contribution in [2.45, 2.75) is 39.7 Å². The van der Waals surface area contributed by atoms with Gasteiger partial charge in [0, 0.05) is 23.5 Å². The van der Waals surface area contributed by atoms with Gasteiger partial charge in [-0.3, -0.25) is 9.59 Å². The number of benzene rings is 2. The van der Waals surface area contributed by atoms with E-state index in [1.807, 2.05) is 28.5 Å². The maximum Gasteiger partial charge on any atom is 0.254 e. The molecule has 0 spiro atoms. The van der Waals surface area contributed by atoms with Crippen LogP contribution in [0.2, 0.25) is 0 Å². The topological polar surface area (TPSA) is 77.5 Å². The van der Waals surface area contributed by atoms with Gasteiger partial charge in [0.05, 0.1) is 20.8 Å². The summed E-state index contributed by atoms with van der Waals surface area (Å²) in [5, 5.41) is 2.04. The number of amides is 2. The standard InChI is InChI=1S/C30H36N2O6S/c1-5-6-13-32(30(34)23-8-10-25-27(17-23)38-20-37-25)19-29(33)31(18-28-21(2)12-15-39-28)14-11-22-7-9-24(35-3)26(16-22)36-4/h7-10,12,15-17H,5-6,11,13-14,18-20H2,1-4H3. The summed E-state index contributed by atoms with van der Waals surface area (Å²) in [5.41, 5.74) is 2.67. The molecule has 4 rings (SSSR count). The highest BCUT2D eigenvalue weighted by atomic mass is 32.1. The van der Waals surface area contributed by atoms with E-state index in [2.05, 4.69) is 19.9 Å². The zero-order chi connectivity index (χ0) is 27.8. The fourth-order valence-electron chi connectivity index (χ4n) is 4.41. The lowest BCUT2D eigenvalue weighted by atomic mass is 10.1. The number of hydrogen-bond acceptors (Lipinski definition) is 7. The zero-order valence-corrected chi connectivity index (χ0v) is 23.8. The highest BCUT2D eigenvalue weighted by molar-refractivity contribution is 7.10. The van der Waals surface area contributed by atoms with E-state index in [1.54, 1.807) is 48.7 Å². The average Bonchev–Trinajstić information content (AvgIpc) is 3.60. The molecule has 8 nitrogen and oxygen atoms in total. The number of methoxy groups -OCH3 is 2. The fourth-order valence-corrected chi connectivity index (χ4v) is 5.33. The van der Waals surface area contributed by atoms with E-state index in [9.17, 15) is 9.59 Å². The molecule has 0 saturated heterocycles. The summed E-state index contributed by atoms with van der Waals surface area (Å²) in [5.74, 6) is 2.21. The van der Waals surface area contributed by atoms with E-state index in [1.165, 1.54) is 0 Å². The van der Waals surface area contributed by atoms with Crippen molar-refractivity contribution in [1.82, 2.24) is 9.80 Å². The summed E-state index contributed by atoms with van der Waals surface area (Å²) < 4.78 is 21.7. The Kier molecular flexibility index (Phi) is 9.70. The molecule has 2 heterocycles.